The van der Waals surface area contributed by atoms with Crippen molar-refractivity contribution in [1.82, 2.24) is 15.2 Å². The van der Waals surface area contributed by atoms with Crippen molar-refractivity contribution in [2.45, 2.75) is 38.3 Å². The molecule has 146 valence electrons. The number of thiazole rings is 1. The van der Waals surface area contributed by atoms with E-state index in [1.54, 1.807) is 26.3 Å². The molecule has 2 aromatic rings. The summed E-state index contributed by atoms with van der Waals surface area (Å²) in [6.07, 6.45) is 4.61. The van der Waals surface area contributed by atoms with Crippen molar-refractivity contribution < 1.29 is 9.13 Å². The molecule has 1 atom stereocenters. The van der Waals surface area contributed by atoms with Crippen LogP contribution in [0.1, 0.15) is 40.1 Å². The summed E-state index contributed by atoms with van der Waals surface area (Å²) in [5.74, 6) is 0.538. The number of methoxy groups -OCH3 is 1. The Hall–Kier alpha value is -1.99. The topological polar surface area (TPSA) is 49.8 Å². The van der Waals surface area contributed by atoms with E-state index in [9.17, 15) is 4.39 Å². The summed E-state index contributed by atoms with van der Waals surface area (Å²) in [6, 6.07) is 6.40. The minimum absolute atomic E-state index is 0.178. The lowest BCUT2D eigenvalue weighted by atomic mass is 10.0. The minimum atomic E-state index is -0.247. The van der Waals surface area contributed by atoms with E-state index < -0.39 is 0 Å². The molecule has 0 fully saturated rings. The van der Waals surface area contributed by atoms with Crippen LogP contribution in [-0.4, -0.2) is 43.6 Å². The molecule has 0 saturated heterocycles. The van der Waals surface area contributed by atoms with Gasteiger partial charge in [-0.2, -0.15) is 0 Å². The number of halogens is 1. The lowest BCUT2D eigenvalue weighted by molar-refractivity contribution is 0.106. The molecule has 1 aliphatic carbocycles. The molecule has 1 aromatic heterocycles. The standard InChI is InChI=1S/C20H27FN4OS/c1-22-20(23-12-17(26-3)14-8-10-15(21)11-9-14)25(2)13-19-24-16-6-4-5-7-18(16)27-19/h8-11,17H,4-7,12-13H2,1-3H3,(H,22,23). The number of aryl methyl sites for hydroxylation is 2. The largest absolute Gasteiger partial charge is 0.375 e. The third kappa shape index (κ3) is 5.05. The SMILES string of the molecule is CN=C(NCC(OC)c1ccc(F)cc1)N(C)Cc1nc2c(s1)CCCC2. The van der Waals surface area contributed by atoms with Gasteiger partial charge >= 0.3 is 0 Å². The van der Waals surface area contributed by atoms with Gasteiger partial charge in [0, 0.05) is 32.6 Å². The van der Waals surface area contributed by atoms with E-state index in [1.165, 1.54) is 35.5 Å². The van der Waals surface area contributed by atoms with Crippen LogP contribution in [0.3, 0.4) is 0 Å². The van der Waals surface area contributed by atoms with Crippen LogP contribution in [0.4, 0.5) is 4.39 Å². The Morgan fingerprint density at radius 3 is 2.74 bits per heavy atom. The van der Waals surface area contributed by atoms with Gasteiger partial charge in [0.1, 0.15) is 10.8 Å². The van der Waals surface area contributed by atoms with Gasteiger partial charge in [-0.25, -0.2) is 9.37 Å². The Balaban J connectivity index is 1.59. The Morgan fingerprint density at radius 1 is 1.33 bits per heavy atom. The number of nitrogens with one attached hydrogen (secondary N) is 1. The second kappa shape index (κ2) is 9.28. The first-order valence-electron chi connectivity index (χ1n) is 9.28. The van der Waals surface area contributed by atoms with Crippen molar-refractivity contribution in [2.75, 3.05) is 27.7 Å². The molecule has 1 unspecified atom stereocenters. The molecule has 0 saturated carbocycles. The third-order valence-electron chi connectivity index (χ3n) is 4.81. The number of benzene rings is 1. The smallest absolute Gasteiger partial charge is 0.193 e. The Labute approximate surface area is 164 Å². The highest BCUT2D eigenvalue weighted by molar-refractivity contribution is 7.11. The van der Waals surface area contributed by atoms with Crippen molar-refractivity contribution >= 4 is 17.3 Å². The number of nitrogens with zero attached hydrogens (tertiary/aromatic N) is 3. The van der Waals surface area contributed by atoms with Crippen LogP contribution in [0, 0.1) is 5.82 Å². The molecule has 3 rings (SSSR count). The third-order valence-corrected chi connectivity index (χ3v) is 5.95. The van der Waals surface area contributed by atoms with Gasteiger partial charge < -0.3 is 15.0 Å². The summed E-state index contributed by atoms with van der Waals surface area (Å²) in [6.45, 7) is 1.28. The molecule has 0 amide bonds. The maximum Gasteiger partial charge on any atom is 0.193 e. The van der Waals surface area contributed by atoms with Gasteiger partial charge in [-0.15, -0.1) is 11.3 Å². The van der Waals surface area contributed by atoms with Crippen LogP contribution < -0.4 is 5.32 Å². The van der Waals surface area contributed by atoms with Crippen LogP contribution in [0.5, 0.6) is 0 Å². The number of fused-ring (bicyclic) bond motifs is 1. The predicted molar refractivity (Wildman–Crippen MR) is 108 cm³/mol. The van der Waals surface area contributed by atoms with Crippen LogP contribution in [0.2, 0.25) is 0 Å². The van der Waals surface area contributed by atoms with E-state index in [2.05, 4.69) is 15.2 Å². The fraction of sp³-hybridized carbons (Fsp3) is 0.500. The van der Waals surface area contributed by atoms with Gasteiger partial charge in [0.25, 0.3) is 0 Å². The predicted octanol–water partition coefficient (Wildman–Crippen LogP) is 3.56. The van der Waals surface area contributed by atoms with E-state index >= 15 is 0 Å². The summed E-state index contributed by atoms with van der Waals surface area (Å²) in [4.78, 5) is 12.7. The summed E-state index contributed by atoms with van der Waals surface area (Å²) >= 11 is 1.82. The molecule has 0 aliphatic heterocycles. The summed E-state index contributed by atoms with van der Waals surface area (Å²) in [7, 11) is 5.43. The number of aromatic nitrogens is 1. The molecule has 7 heteroatoms. The van der Waals surface area contributed by atoms with Gasteiger partial charge in [-0.05, 0) is 43.4 Å². The number of hydrogen-bond donors (Lipinski definition) is 1. The minimum Gasteiger partial charge on any atom is -0.375 e. The highest BCUT2D eigenvalue weighted by Crippen LogP contribution is 2.27. The molecule has 0 bridgehead atoms. The second-order valence-corrected chi connectivity index (χ2v) is 7.91. The maximum absolute atomic E-state index is 13.1. The van der Waals surface area contributed by atoms with E-state index in [-0.39, 0.29) is 11.9 Å². The molecule has 1 heterocycles. The Morgan fingerprint density at radius 2 is 2.07 bits per heavy atom. The molecule has 0 spiro atoms. The quantitative estimate of drug-likeness (QED) is 0.605. The number of hydrogen-bond acceptors (Lipinski definition) is 4. The van der Waals surface area contributed by atoms with Crippen LogP contribution in [-0.2, 0) is 24.1 Å². The zero-order valence-corrected chi connectivity index (χ0v) is 17.0. The van der Waals surface area contributed by atoms with Crippen molar-refractivity contribution in [2.24, 2.45) is 4.99 Å². The van der Waals surface area contributed by atoms with E-state index in [0.717, 1.165) is 35.9 Å². The maximum atomic E-state index is 13.1. The van der Waals surface area contributed by atoms with Gasteiger partial charge in [-0.3, -0.25) is 4.99 Å². The summed E-state index contributed by atoms with van der Waals surface area (Å²) in [5.41, 5.74) is 2.21. The van der Waals surface area contributed by atoms with Gasteiger partial charge in [-0.1, -0.05) is 12.1 Å². The fourth-order valence-electron chi connectivity index (χ4n) is 3.33. The Kier molecular flexibility index (Phi) is 6.79. The monoisotopic (exact) mass is 390 g/mol. The van der Waals surface area contributed by atoms with Gasteiger partial charge in [0.05, 0.1) is 18.3 Å². The molecule has 1 aromatic carbocycles. The number of aliphatic imine (C=N–C) groups is 1. The van der Waals surface area contributed by atoms with E-state index in [1.807, 2.05) is 18.4 Å². The van der Waals surface area contributed by atoms with Crippen molar-refractivity contribution in [1.29, 1.82) is 0 Å². The van der Waals surface area contributed by atoms with Crippen molar-refractivity contribution in [3.63, 3.8) is 0 Å². The first kappa shape index (κ1) is 19.8. The lowest BCUT2D eigenvalue weighted by Gasteiger charge is -2.23. The highest BCUT2D eigenvalue weighted by atomic mass is 32.1. The first-order valence-corrected chi connectivity index (χ1v) is 10.1. The first-order chi connectivity index (χ1) is 13.1. The number of guanidine groups is 1. The molecular formula is C20H27FN4OS. The van der Waals surface area contributed by atoms with Crippen LogP contribution >= 0.6 is 11.3 Å². The molecule has 27 heavy (non-hydrogen) atoms. The lowest BCUT2D eigenvalue weighted by Crippen LogP contribution is -2.40. The zero-order valence-electron chi connectivity index (χ0n) is 16.2. The summed E-state index contributed by atoms with van der Waals surface area (Å²) in [5, 5.41) is 4.48. The van der Waals surface area contributed by atoms with Crippen LogP contribution in [0.15, 0.2) is 29.3 Å². The molecule has 0 radical (unpaired) electrons. The highest BCUT2D eigenvalue weighted by Gasteiger charge is 2.18. The molecule has 1 N–H and O–H groups in total. The van der Waals surface area contributed by atoms with Crippen molar-refractivity contribution in [3.8, 4) is 0 Å². The van der Waals surface area contributed by atoms with E-state index in [0.29, 0.717) is 6.54 Å². The fourth-order valence-corrected chi connectivity index (χ4v) is 4.54. The number of rotatable bonds is 6. The summed E-state index contributed by atoms with van der Waals surface area (Å²) < 4.78 is 18.7. The molecule has 1 aliphatic rings. The van der Waals surface area contributed by atoms with Crippen LogP contribution in [0.25, 0.3) is 0 Å². The van der Waals surface area contributed by atoms with E-state index in [4.69, 9.17) is 9.72 Å². The second-order valence-electron chi connectivity index (χ2n) is 6.74. The van der Waals surface area contributed by atoms with Gasteiger partial charge in [0.2, 0.25) is 0 Å². The normalized spacial score (nSPS) is 15.3. The Bertz CT molecular complexity index is 751. The molecule has 5 nitrogen and oxygen atoms in total. The molecular weight excluding hydrogens is 363 g/mol. The zero-order chi connectivity index (χ0) is 19.2. The number of ether oxygens (including phenoxy) is 1. The van der Waals surface area contributed by atoms with Crippen molar-refractivity contribution in [3.05, 3.63) is 51.2 Å². The van der Waals surface area contributed by atoms with Gasteiger partial charge in [0.15, 0.2) is 5.96 Å². The average molecular weight is 391 g/mol. The average Bonchev–Trinajstić information content (AvgIpc) is 3.08.